The standard InChI is InChI=1S/C14H11N3O4.C14H12N2O2.HNO3/c1-2-15-13-5-3-9(16(18)19)7-11(13)12-8-10(17(20)21)4-6-14(12)15;1-2-15-13-6-4-3-5-11(13)12-9-10(16(17)18)7-8-14(12)15;2-1(3)4/h3-8H,2H2,1H3;3-9H,2H2,1H3;(H,2,3,4). The molecule has 43 heavy (non-hydrogen) atoms. The van der Waals surface area contributed by atoms with Gasteiger partial charge < -0.3 is 14.3 Å². The number of nitrogens with zero attached hydrogens (tertiary/aromatic N) is 6. The van der Waals surface area contributed by atoms with Gasteiger partial charge in [0.25, 0.3) is 22.1 Å². The molecule has 0 bridgehead atoms. The van der Waals surface area contributed by atoms with Gasteiger partial charge in [-0.1, -0.05) is 18.2 Å². The van der Waals surface area contributed by atoms with Crippen LogP contribution in [0.15, 0.2) is 78.9 Å². The van der Waals surface area contributed by atoms with Crippen LogP contribution in [0.2, 0.25) is 0 Å². The van der Waals surface area contributed by atoms with Gasteiger partial charge in [-0.25, -0.2) is 0 Å². The highest BCUT2D eigenvalue weighted by atomic mass is 16.9. The highest BCUT2D eigenvalue weighted by molar-refractivity contribution is 6.10. The van der Waals surface area contributed by atoms with Crippen LogP contribution < -0.4 is 0 Å². The van der Waals surface area contributed by atoms with Gasteiger partial charge in [0.15, 0.2) is 0 Å². The molecule has 0 spiro atoms. The van der Waals surface area contributed by atoms with E-state index in [2.05, 4.69) is 11.5 Å². The molecule has 0 fully saturated rings. The maximum atomic E-state index is 10.9. The van der Waals surface area contributed by atoms with Crippen molar-refractivity contribution in [3.05, 3.63) is 119 Å². The highest BCUT2D eigenvalue weighted by Gasteiger charge is 2.17. The quantitative estimate of drug-likeness (QED) is 0.162. The molecule has 1 N–H and O–H groups in total. The smallest absolute Gasteiger partial charge is 0.291 e. The lowest BCUT2D eigenvalue weighted by Crippen LogP contribution is -1.93. The van der Waals surface area contributed by atoms with Crippen molar-refractivity contribution in [2.75, 3.05) is 0 Å². The summed E-state index contributed by atoms with van der Waals surface area (Å²) in [5, 5.41) is 49.7. The lowest BCUT2D eigenvalue weighted by molar-refractivity contribution is -0.742. The number of nitro benzene ring substituents is 3. The molecule has 2 heterocycles. The normalized spacial score (nSPS) is 10.7. The van der Waals surface area contributed by atoms with E-state index in [-0.39, 0.29) is 22.0 Å². The van der Waals surface area contributed by atoms with Crippen LogP contribution in [-0.4, -0.2) is 34.2 Å². The zero-order chi connectivity index (χ0) is 31.4. The SMILES string of the molecule is CCn1c2ccc([N+](=O)[O-])cc2c2cc([N+](=O)[O-])ccc21.CCn1c2ccccc2c2cc([N+](=O)[O-])ccc21.O=[N+]([O-])O. The summed E-state index contributed by atoms with van der Waals surface area (Å²) in [4.78, 5) is 39.8. The van der Waals surface area contributed by atoms with E-state index in [1.807, 2.05) is 41.8 Å². The van der Waals surface area contributed by atoms with Crippen molar-refractivity contribution in [1.82, 2.24) is 9.13 Å². The van der Waals surface area contributed by atoms with E-state index in [1.54, 1.807) is 24.3 Å². The number of benzene rings is 4. The summed E-state index contributed by atoms with van der Waals surface area (Å²) in [6, 6.07) is 22.2. The predicted octanol–water partition coefficient (Wildman–Crippen LogP) is 7.01. The molecule has 0 radical (unpaired) electrons. The Morgan fingerprint density at radius 2 is 0.837 bits per heavy atom. The van der Waals surface area contributed by atoms with Crippen LogP contribution in [0.4, 0.5) is 17.1 Å². The molecule has 0 unspecified atom stereocenters. The van der Waals surface area contributed by atoms with Gasteiger partial charge in [-0.15, -0.1) is 10.1 Å². The van der Waals surface area contributed by atoms with Gasteiger partial charge in [-0.05, 0) is 38.1 Å². The first-order valence-corrected chi connectivity index (χ1v) is 12.8. The number of hydrogen-bond donors (Lipinski definition) is 1. The number of non-ortho nitro benzene ring substituents is 3. The van der Waals surface area contributed by atoms with Crippen molar-refractivity contribution >= 4 is 60.7 Å². The van der Waals surface area contributed by atoms with Gasteiger partial charge >= 0.3 is 0 Å². The average Bonchev–Trinajstić information content (AvgIpc) is 3.47. The maximum absolute atomic E-state index is 10.9. The zero-order valence-electron chi connectivity index (χ0n) is 22.8. The molecule has 0 saturated carbocycles. The summed E-state index contributed by atoms with van der Waals surface area (Å²) in [5.74, 6) is 0. The Morgan fingerprint density at radius 3 is 1.16 bits per heavy atom. The van der Waals surface area contributed by atoms with Crippen LogP contribution >= 0.6 is 0 Å². The molecule has 0 aliphatic heterocycles. The Balaban J connectivity index is 0.000000177. The summed E-state index contributed by atoms with van der Waals surface area (Å²) in [7, 11) is 0. The Kier molecular flexibility index (Phi) is 8.45. The number of fused-ring (bicyclic) bond motifs is 6. The Labute approximate surface area is 241 Å². The third-order valence-corrected chi connectivity index (χ3v) is 6.85. The van der Waals surface area contributed by atoms with Crippen molar-refractivity contribution < 1.29 is 25.1 Å². The summed E-state index contributed by atoms with van der Waals surface area (Å²) in [6.07, 6.45) is 0. The molecule has 6 rings (SSSR count). The fourth-order valence-corrected chi connectivity index (χ4v) is 5.14. The van der Waals surface area contributed by atoms with Crippen molar-refractivity contribution in [3.8, 4) is 0 Å². The molecule has 0 aliphatic rings. The number of aromatic nitrogens is 2. The summed E-state index contributed by atoms with van der Waals surface area (Å²) < 4.78 is 4.16. The lowest BCUT2D eigenvalue weighted by Gasteiger charge is -2.02. The molecule has 4 aromatic carbocycles. The number of rotatable bonds is 5. The van der Waals surface area contributed by atoms with E-state index >= 15 is 0 Å². The molecule has 220 valence electrons. The van der Waals surface area contributed by atoms with Gasteiger partial charge in [0, 0.05) is 93.1 Å². The zero-order valence-corrected chi connectivity index (χ0v) is 22.8. The van der Waals surface area contributed by atoms with Crippen LogP contribution in [0.25, 0.3) is 43.6 Å². The maximum Gasteiger partial charge on any atom is 0.291 e. The Hall–Kier alpha value is -6.12. The van der Waals surface area contributed by atoms with E-state index in [1.165, 1.54) is 24.3 Å². The second-order valence-electron chi connectivity index (χ2n) is 9.12. The molecular formula is C28H24N6O9. The van der Waals surface area contributed by atoms with Crippen molar-refractivity contribution in [2.45, 2.75) is 26.9 Å². The van der Waals surface area contributed by atoms with E-state index in [0.717, 1.165) is 39.4 Å². The third-order valence-electron chi connectivity index (χ3n) is 6.85. The van der Waals surface area contributed by atoms with E-state index in [4.69, 9.17) is 15.3 Å². The van der Waals surface area contributed by atoms with E-state index in [9.17, 15) is 30.3 Å². The van der Waals surface area contributed by atoms with Crippen LogP contribution in [0, 0.1) is 40.5 Å². The fraction of sp³-hybridized carbons (Fsp3) is 0.143. The van der Waals surface area contributed by atoms with Crippen molar-refractivity contribution in [1.29, 1.82) is 0 Å². The summed E-state index contributed by atoms with van der Waals surface area (Å²) in [6.45, 7) is 5.56. The average molecular weight is 589 g/mol. The minimum Gasteiger partial charge on any atom is -0.341 e. The minimum absolute atomic E-state index is 0.0239. The molecule has 15 heteroatoms. The number of nitro groups is 3. The highest BCUT2D eigenvalue weighted by Crippen LogP contribution is 2.34. The molecular weight excluding hydrogens is 564 g/mol. The van der Waals surface area contributed by atoms with Gasteiger partial charge in [-0.3, -0.25) is 30.3 Å². The van der Waals surface area contributed by atoms with Crippen molar-refractivity contribution in [2.24, 2.45) is 0 Å². The van der Waals surface area contributed by atoms with Gasteiger partial charge in [-0.2, -0.15) is 0 Å². The predicted molar refractivity (Wildman–Crippen MR) is 159 cm³/mol. The lowest BCUT2D eigenvalue weighted by atomic mass is 10.1. The Morgan fingerprint density at radius 1 is 0.535 bits per heavy atom. The summed E-state index contributed by atoms with van der Waals surface area (Å²) >= 11 is 0. The first-order valence-electron chi connectivity index (χ1n) is 12.8. The van der Waals surface area contributed by atoms with Crippen LogP contribution in [0.1, 0.15) is 13.8 Å². The molecule has 0 atom stereocenters. The van der Waals surface area contributed by atoms with Crippen LogP contribution in [0.5, 0.6) is 0 Å². The monoisotopic (exact) mass is 588 g/mol. The van der Waals surface area contributed by atoms with Gasteiger partial charge in [0.2, 0.25) is 0 Å². The molecule has 0 aliphatic carbocycles. The first-order chi connectivity index (χ1) is 20.5. The topological polar surface area (TPSA) is 203 Å². The van der Waals surface area contributed by atoms with Gasteiger partial charge in [0.1, 0.15) is 0 Å². The Bertz CT molecular complexity index is 1970. The molecule has 15 nitrogen and oxygen atoms in total. The number of aryl methyl sites for hydroxylation is 2. The fourth-order valence-electron chi connectivity index (χ4n) is 5.14. The number of hydrogen-bond acceptors (Lipinski definition) is 8. The molecule has 6 aromatic rings. The second-order valence-corrected chi connectivity index (χ2v) is 9.12. The first kappa shape index (κ1) is 29.9. The molecule has 0 saturated heterocycles. The van der Waals surface area contributed by atoms with E-state index < -0.39 is 14.9 Å². The minimum atomic E-state index is -1.50. The van der Waals surface area contributed by atoms with E-state index in [0.29, 0.717) is 17.3 Å². The second kappa shape index (κ2) is 12.2. The number of para-hydroxylation sites is 1. The van der Waals surface area contributed by atoms with Gasteiger partial charge in [0.05, 0.1) is 14.8 Å². The summed E-state index contributed by atoms with van der Waals surface area (Å²) in [5.41, 5.74) is 3.92. The molecule has 2 aromatic heterocycles. The van der Waals surface area contributed by atoms with Crippen molar-refractivity contribution in [3.63, 3.8) is 0 Å². The van der Waals surface area contributed by atoms with Crippen LogP contribution in [0.3, 0.4) is 0 Å². The van der Waals surface area contributed by atoms with Crippen LogP contribution in [-0.2, 0) is 13.1 Å². The molecule has 0 amide bonds. The third kappa shape index (κ3) is 5.85. The largest absolute Gasteiger partial charge is 0.341 e.